The van der Waals surface area contributed by atoms with Crippen LogP contribution in [0.15, 0.2) is 0 Å². The Labute approximate surface area is 52.1 Å². The van der Waals surface area contributed by atoms with E-state index in [1.807, 2.05) is 0 Å². The van der Waals surface area contributed by atoms with Gasteiger partial charge in [0, 0.05) is 0 Å². The number of nitriles is 1. The van der Waals surface area contributed by atoms with Crippen LogP contribution in [0.4, 0.5) is 0 Å². The lowest BCUT2D eigenvalue weighted by Gasteiger charge is -1.80. The highest BCUT2D eigenvalue weighted by Crippen LogP contribution is 1.77. The molecule has 0 saturated carbocycles. The Bertz CT molecular complexity index is 55.9. The average Bonchev–Trinajstić information content (AvgIpc) is 1.71. The molecule has 0 aliphatic rings. The monoisotopic (exact) mass is 112 g/mol. The second-order valence-electron chi connectivity index (χ2n) is 1.37. The summed E-state index contributed by atoms with van der Waals surface area (Å²) in [5.74, 6) is 1.75. The van der Waals surface area contributed by atoms with Crippen LogP contribution in [0.1, 0.15) is 19.8 Å². The summed E-state index contributed by atoms with van der Waals surface area (Å²) in [4.78, 5) is 0. The molecule has 0 amide bonds. The Hall–Kier alpha value is -0.485. The molecular weight excluding hydrogens is 98.9 g/mol. The minimum atomic E-state index is 0.844. The van der Waals surface area contributed by atoms with Gasteiger partial charge in [-0.15, -0.1) is 0 Å². The molecule has 0 bridgehead atoms. The molecule has 0 aromatic heterocycles. The van der Waals surface area contributed by atoms with Crippen LogP contribution in [-0.2, 0) is 0 Å². The molecule has 0 aromatic carbocycles. The van der Waals surface area contributed by atoms with E-state index in [1.54, 1.807) is 5.97 Å². The number of hydrogen-bond acceptors (Lipinski definition) is 2. The number of unbranched alkanes of at least 4 members (excludes halogenated alkanes) is 1. The van der Waals surface area contributed by atoms with Gasteiger partial charge in [-0.25, -0.2) is 5.26 Å². The van der Waals surface area contributed by atoms with Crippen molar-refractivity contribution in [2.75, 3.05) is 6.54 Å². The molecule has 0 saturated heterocycles. The van der Waals surface area contributed by atoms with Crippen LogP contribution in [0.2, 0.25) is 0 Å². The van der Waals surface area contributed by atoms with Crippen LogP contribution in [0.5, 0.6) is 0 Å². The van der Waals surface area contributed by atoms with Crippen molar-refractivity contribution >= 4 is 7.85 Å². The zero-order chi connectivity index (χ0) is 6.83. The van der Waals surface area contributed by atoms with E-state index < -0.39 is 0 Å². The first-order valence-corrected chi connectivity index (χ1v) is 2.84. The third-order valence-corrected chi connectivity index (χ3v) is 0.558. The first-order valence-electron chi connectivity index (χ1n) is 2.84. The van der Waals surface area contributed by atoms with E-state index in [4.69, 9.17) is 11.0 Å². The van der Waals surface area contributed by atoms with Gasteiger partial charge in [0.2, 0.25) is 7.85 Å². The lowest BCUT2D eigenvalue weighted by molar-refractivity contribution is 0.807. The highest BCUT2D eigenvalue weighted by Gasteiger charge is 1.67. The second-order valence-corrected chi connectivity index (χ2v) is 1.37. The summed E-state index contributed by atoms with van der Waals surface area (Å²) in [6.45, 7) is 2.98. The van der Waals surface area contributed by atoms with E-state index in [0.29, 0.717) is 0 Å². The number of hydrogen-bond donors (Lipinski definition) is 1. The molecule has 0 atom stereocenters. The molecule has 0 fully saturated rings. The standard InChI is InChI=1S/C4H11N.CH2BN/c1-2-3-4-5;2-1-3/h2-5H2,1H3;2H2. The van der Waals surface area contributed by atoms with Gasteiger partial charge >= 0.3 is 0 Å². The first-order chi connectivity index (χ1) is 3.83. The van der Waals surface area contributed by atoms with Crippen molar-refractivity contribution in [3.63, 3.8) is 0 Å². The Morgan fingerprint density at radius 2 is 2.12 bits per heavy atom. The van der Waals surface area contributed by atoms with Crippen LogP contribution in [0.3, 0.4) is 0 Å². The second kappa shape index (κ2) is 16.0. The van der Waals surface area contributed by atoms with Gasteiger partial charge < -0.3 is 5.73 Å². The maximum atomic E-state index is 7.32. The Balaban J connectivity index is 0. The van der Waals surface area contributed by atoms with Gasteiger partial charge in [-0.2, -0.15) is 0 Å². The molecule has 0 aromatic rings. The van der Waals surface area contributed by atoms with E-state index in [2.05, 4.69) is 6.92 Å². The lowest BCUT2D eigenvalue weighted by Crippen LogP contribution is -1.95. The van der Waals surface area contributed by atoms with E-state index in [1.165, 1.54) is 20.7 Å². The first kappa shape index (κ1) is 10.5. The molecule has 8 heavy (non-hydrogen) atoms. The quantitative estimate of drug-likeness (QED) is 0.505. The Kier molecular flexibility index (Phi) is 21.0. The molecule has 0 radical (unpaired) electrons. The summed E-state index contributed by atoms with van der Waals surface area (Å²) >= 11 is 0. The van der Waals surface area contributed by atoms with E-state index in [-0.39, 0.29) is 0 Å². The lowest BCUT2D eigenvalue weighted by atomic mass is 10.2. The highest BCUT2D eigenvalue weighted by molar-refractivity contribution is 6.20. The molecule has 0 spiro atoms. The van der Waals surface area contributed by atoms with E-state index in [9.17, 15) is 0 Å². The van der Waals surface area contributed by atoms with E-state index in [0.717, 1.165) is 6.54 Å². The predicted octanol–water partition coefficient (Wildman–Crippen LogP) is -0.154. The molecular formula is C5H13BN2. The van der Waals surface area contributed by atoms with Gasteiger partial charge in [0.15, 0.2) is 0 Å². The van der Waals surface area contributed by atoms with Crippen molar-refractivity contribution in [2.45, 2.75) is 19.8 Å². The molecule has 2 nitrogen and oxygen atoms in total. The predicted molar refractivity (Wildman–Crippen MR) is 38.1 cm³/mol. The fourth-order valence-corrected chi connectivity index (χ4v) is 0.204. The topological polar surface area (TPSA) is 49.8 Å². The average molecular weight is 112 g/mol. The number of nitrogens with zero attached hydrogens (tertiary/aromatic N) is 1. The smallest absolute Gasteiger partial charge is 0.232 e. The fraction of sp³-hybridized carbons (Fsp3) is 0.800. The maximum absolute atomic E-state index is 7.32. The Morgan fingerprint density at radius 3 is 2.12 bits per heavy atom. The van der Waals surface area contributed by atoms with Gasteiger partial charge in [0.25, 0.3) is 0 Å². The van der Waals surface area contributed by atoms with Crippen LogP contribution >= 0.6 is 0 Å². The summed E-state index contributed by atoms with van der Waals surface area (Å²) < 4.78 is 0. The molecule has 0 aliphatic carbocycles. The van der Waals surface area contributed by atoms with E-state index >= 15 is 0 Å². The minimum absolute atomic E-state index is 0.844. The molecule has 2 N–H and O–H groups in total. The molecule has 0 aliphatic heterocycles. The molecule has 0 unspecified atom stereocenters. The number of nitrogens with two attached hydrogens (primary N) is 1. The van der Waals surface area contributed by atoms with Crippen molar-refractivity contribution in [1.82, 2.24) is 0 Å². The fourth-order valence-electron chi connectivity index (χ4n) is 0.204. The summed E-state index contributed by atoms with van der Waals surface area (Å²) in [5.41, 5.74) is 5.14. The molecule has 0 rings (SSSR count). The number of rotatable bonds is 2. The van der Waals surface area contributed by atoms with Crippen molar-refractivity contribution in [3.05, 3.63) is 0 Å². The van der Waals surface area contributed by atoms with Crippen molar-refractivity contribution in [3.8, 4) is 5.97 Å². The normalized spacial score (nSPS) is 6.12. The van der Waals surface area contributed by atoms with Crippen LogP contribution < -0.4 is 5.73 Å². The third kappa shape index (κ3) is 49.0. The maximum Gasteiger partial charge on any atom is 0.232 e. The van der Waals surface area contributed by atoms with Gasteiger partial charge in [-0.3, -0.25) is 0 Å². The zero-order valence-corrected chi connectivity index (χ0v) is 5.65. The summed E-state index contributed by atoms with van der Waals surface area (Å²) in [6, 6.07) is 0. The highest BCUT2D eigenvalue weighted by atomic mass is 14.5. The van der Waals surface area contributed by atoms with Crippen molar-refractivity contribution in [1.29, 1.82) is 5.26 Å². The Morgan fingerprint density at radius 1 is 1.75 bits per heavy atom. The van der Waals surface area contributed by atoms with Gasteiger partial charge in [-0.1, -0.05) is 13.3 Å². The summed E-state index contributed by atoms with van der Waals surface area (Å²) in [6.07, 6.45) is 2.39. The third-order valence-electron chi connectivity index (χ3n) is 0.558. The van der Waals surface area contributed by atoms with Gasteiger partial charge in [0.05, 0.1) is 0 Å². The minimum Gasteiger partial charge on any atom is -0.330 e. The van der Waals surface area contributed by atoms with Crippen LogP contribution in [0, 0.1) is 11.2 Å². The van der Waals surface area contributed by atoms with Crippen molar-refractivity contribution < 1.29 is 0 Å². The summed E-state index contributed by atoms with van der Waals surface area (Å²) in [5, 5.41) is 7.32. The zero-order valence-electron chi connectivity index (χ0n) is 5.65. The van der Waals surface area contributed by atoms with Crippen LogP contribution in [-0.4, -0.2) is 14.4 Å². The SMILES string of the molecule is BC#N.CCCCN. The molecule has 0 heterocycles. The van der Waals surface area contributed by atoms with Crippen LogP contribution in [0.25, 0.3) is 0 Å². The largest absolute Gasteiger partial charge is 0.330 e. The molecule has 46 valence electrons. The molecule has 3 heteroatoms. The van der Waals surface area contributed by atoms with Gasteiger partial charge in [-0.05, 0) is 18.9 Å². The van der Waals surface area contributed by atoms with Crippen molar-refractivity contribution in [2.24, 2.45) is 5.73 Å². The van der Waals surface area contributed by atoms with Gasteiger partial charge in [0.1, 0.15) is 0 Å². The summed E-state index contributed by atoms with van der Waals surface area (Å²) in [7, 11) is 1.43.